The normalized spacial score (nSPS) is 46.3. The van der Waals surface area contributed by atoms with Gasteiger partial charge in [-0.15, -0.1) is 0 Å². The van der Waals surface area contributed by atoms with E-state index in [1.54, 1.807) is 7.11 Å². The molecule has 2 saturated heterocycles. The van der Waals surface area contributed by atoms with Crippen molar-refractivity contribution in [3.63, 3.8) is 0 Å². The van der Waals surface area contributed by atoms with Gasteiger partial charge >= 0.3 is 0 Å². The smallest absolute Gasteiger partial charge is 0.186 e. The molecule has 0 aliphatic carbocycles. The molecule has 2 rings (SSSR count). The van der Waals surface area contributed by atoms with Crippen molar-refractivity contribution >= 4 is 0 Å². The molecule has 2 fully saturated rings. The van der Waals surface area contributed by atoms with E-state index in [4.69, 9.17) is 18.9 Å². The molecule has 0 aromatic heterocycles. The summed E-state index contributed by atoms with van der Waals surface area (Å²) in [6.07, 6.45) is -1.80. The molecule has 0 saturated carbocycles. The van der Waals surface area contributed by atoms with Crippen molar-refractivity contribution in [1.29, 1.82) is 0 Å². The molecule has 14 heavy (non-hydrogen) atoms. The van der Waals surface area contributed by atoms with E-state index >= 15 is 0 Å². The molecule has 0 aromatic carbocycles. The van der Waals surface area contributed by atoms with Crippen molar-refractivity contribution < 1.29 is 24.1 Å². The minimum atomic E-state index is -0.680. The third-order valence-electron chi connectivity index (χ3n) is 2.47. The van der Waals surface area contributed by atoms with Gasteiger partial charge in [0.25, 0.3) is 0 Å². The van der Waals surface area contributed by atoms with Crippen LogP contribution in [0.1, 0.15) is 13.8 Å². The van der Waals surface area contributed by atoms with Gasteiger partial charge in [0, 0.05) is 7.11 Å². The number of hydrogen-bond acceptors (Lipinski definition) is 5. The Morgan fingerprint density at radius 3 is 2.57 bits per heavy atom. The SMILES string of the molecule is CO[C@@H]1OC[C@H](O)[C@@H]2OC(C)(C)O[C@@H]12. The first-order chi connectivity index (χ1) is 6.53. The van der Waals surface area contributed by atoms with Gasteiger partial charge in [-0.05, 0) is 13.8 Å². The third-order valence-corrected chi connectivity index (χ3v) is 2.47. The molecule has 0 unspecified atom stereocenters. The molecule has 0 radical (unpaired) electrons. The third kappa shape index (κ3) is 1.66. The Kier molecular flexibility index (Phi) is 2.53. The molecule has 4 atom stereocenters. The van der Waals surface area contributed by atoms with Gasteiger partial charge in [0.15, 0.2) is 12.1 Å². The molecule has 2 aliphatic rings. The molecule has 0 bridgehead atoms. The minimum Gasteiger partial charge on any atom is -0.388 e. The zero-order valence-corrected chi connectivity index (χ0v) is 8.60. The maximum atomic E-state index is 9.64. The first kappa shape index (κ1) is 10.3. The van der Waals surface area contributed by atoms with Crippen molar-refractivity contribution in [2.24, 2.45) is 0 Å². The average molecular weight is 204 g/mol. The first-order valence-electron chi connectivity index (χ1n) is 4.71. The average Bonchev–Trinajstić information content (AvgIpc) is 2.42. The highest BCUT2D eigenvalue weighted by Crippen LogP contribution is 2.35. The van der Waals surface area contributed by atoms with Crippen molar-refractivity contribution in [1.82, 2.24) is 0 Å². The summed E-state index contributed by atoms with van der Waals surface area (Å²) in [7, 11) is 1.55. The topological polar surface area (TPSA) is 57.2 Å². The fraction of sp³-hybridized carbons (Fsp3) is 1.00. The van der Waals surface area contributed by atoms with Gasteiger partial charge in [0.1, 0.15) is 18.3 Å². The Balaban J connectivity index is 2.14. The Labute approximate surface area is 82.9 Å². The summed E-state index contributed by atoms with van der Waals surface area (Å²) < 4.78 is 21.5. The van der Waals surface area contributed by atoms with E-state index in [2.05, 4.69) is 0 Å². The zero-order chi connectivity index (χ0) is 10.3. The van der Waals surface area contributed by atoms with Crippen LogP contribution >= 0.6 is 0 Å². The van der Waals surface area contributed by atoms with Crippen molar-refractivity contribution in [3.8, 4) is 0 Å². The number of fused-ring (bicyclic) bond motifs is 1. The summed E-state index contributed by atoms with van der Waals surface area (Å²) >= 11 is 0. The number of aliphatic hydroxyl groups is 1. The highest BCUT2D eigenvalue weighted by atomic mass is 16.8. The van der Waals surface area contributed by atoms with Crippen LogP contribution in [-0.4, -0.2) is 49.2 Å². The molecular formula is C9H16O5. The lowest BCUT2D eigenvalue weighted by Crippen LogP contribution is -2.51. The molecular weight excluding hydrogens is 188 g/mol. The van der Waals surface area contributed by atoms with Gasteiger partial charge < -0.3 is 24.1 Å². The molecule has 0 aromatic rings. The maximum absolute atomic E-state index is 9.64. The highest BCUT2D eigenvalue weighted by molar-refractivity contribution is 4.91. The predicted octanol–water partition coefficient (Wildman–Crippen LogP) is -0.130. The van der Waals surface area contributed by atoms with E-state index in [-0.39, 0.29) is 18.8 Å². The lowest BCUT2D eigenvalue weighted by Gasteiger charge is -2.33. The van der Waals surface area contributed by atoms with E-state index in [0.29, 0.717) is 0 Å². The fourth-order valence-electron chi connectivity index (χ4n) is 1.91. The maximum Gasteiger partial charge on any atom is 0.186 e. The van der Waals surface area contributed by atoms with Crippen LogP contribution in [0, 0.1) is 0 Å². The summed E-state index contributed by atoms with van der Waals surface area (Å²) in [5.41, 5.74) is 0. The van der Waals surface area contributed by atoms with Crippen LogP contribution in [0.15, 0.2) is 0 Å². The van der Waals surface area contributed by atoms with Crippen LogP contribution < -0.4 is 0 Å². The minimum absolute atomic E-state index is 0.221. The lowest BCUT2D eigenvalue weighted by atomic mass is 10.1. The van der Waals surface area contributed by atoms with Crippen molar-refractivity contribution in [2.75, 3.05) is 13.7 Å². The molecule has 0 spiro atoms. The van der Waals surface area contributed by atoms with Gasteiger partial charge in [0.2, 0.25) is 0 Å². The van der Waals surface area contributed by atoms with Crippen molar-refractivity contribution in [3.05, 3.63) is 0 Å². The monoisotopic (exact) mass is 204 g/mol. The van der Waals surface area contributed by atoms with E-state index in [9.17, 15) is 5.11 Å². The summed E-state index contributed by atoms with van der Waals surface area (Å²) in [5, 5.41) is 9.64. The number of rotatable bonds is 1. The molecule has 1 N–H and O–H groups in total. The molecule has 5 nitrogen and oxygen atoms in total. The highest BCUT2D eigenvalue weighted by Gasteiger charge is 2.51. The van der Waals surface area contributed by atoms with Gasteiger partial charge in [-0.3, -0.25) is 0 Å². The molecule has 82 valence electrons. The van der Waals surface area contributed by atoms with E-state index < -0.39 is 18.2 Å². The van der Waals surface area contributed by atoms with Crippen LogP contribution in [0.25, 0.3) is 0 Å². The number of aliphatic hydroxyl groups excluding tert-OH is 1. The Morgan fingerprint density at radius 2 is 1.93 bits per heavy atom. The van der Waals surface area contributed by atoms with Gasteiger partial charge in [-0.2, -0.15) is 0 Å². The van der Waals surface area contributed by atoms with Crippen LogP contribution in [0.2, 0.25) is 0 Å². The van der Waals surface area contributed by atoms with E-state index in [0.717, 1.165) is 0 Å². The quantitative estimate of drug-likeness (QED) is 0.644. The van der Waals surface area contributed by atoms with Gasteiger partial charge in [0.05, 0.1) is 6.61 Å². The standard InChI is InChI=1S/C9H16O5/c1-9(2)13-6-5(10)4-12-8(11-3)7(6)14-9/h5-8,10H,4H2,1-3H3/t5-,6-,7+,8+/m0/s1. The first-order valence-corrected chi connectivity index (χ1v) is 4.71. The fourth-order valence-corrected chi connectivity index (χ4v) is 1.91. The van der Waals surface area contributed by atoms with Crippen LogP contribution in [0.4, 0.5) is 0 Å². The number of hydrogen-bond donors (Lipinski definition) is 1. The summed E-state index contributed by atoms with van der Waals surface area (Å²) in [4.78, 5) is 0. The molecule has 2 heterocycles. The summed E-state index contributed by atoms with van der Waals surface area (Å²) in [5.74, 6) is -0.680. The lowest BCUT2D eigenvalue weighted by molar-refractivity contribution is -0.237. The van der Waals surface area contributed by atoms with Crippen LogP contribution in [0.3, 0.4) is 0 Å². The summed E-state index contributed by atoms with van der Waals surface area (Å²) in [6, 6.07) is 0. The van der Waals surface area contributed by atoms with Gasteiger partial charge in [-0.25, -0.2) is 0 Å². The van der Waals surface area contributed by atoms with Crippen LogP contribution in [0.5, 0.6) is 0 Å². The van der Waals surface area contributed by atoms with Crippen molar-refractivity contribution in [2.45, 2.75) is 44.2 Å². The second kappa shape index (κ2) is 3.43. The number of ether oxygens (including phenoxy) is 4. The Bertz CT molecular complexity index is 217. The van der Waals surface area contributed by atoms with E-state index in [1.807, 2.05) is 13.8 Å². The summed E-state index contributed by atoms with van der Waals surface area (Å²) in [6.45, 7) is 3.84. The zero-order valence-electron chi connectivity index (χ0n) is 8.60. The largest absolute Gasteiger partial charge is 0.388 e. The molecule has 5 heteroatoms. The number of methoxy groups -OCH3 is 1. The van der Waals surface area contributed by atoms with Gasteiger partial charge in [-0.1, -0.05) is 0 Å². The molecule has 0 amide bonds. The Morgan fingerprint density at radius 1 is 1.29 bits per heavy atom. The van der Waals surface area contributed by atoms with Crippen LogP contribution in [-0.2, 0) is 18.9 Å². The Hall–Kier alpha value is -0.200. The molecule has 2 aliphatic heterocycles. The van der Waals surface area contributed by atoms with E-state index in [1.165, 1.54) is 0 Å². The second-order valence-corrected chi connectivity index (χ2v) is 4.07. The second-order valence-electron chi connectivity index (χ2n) is 4.07. The predicted molar refractivity (Wildman–Crippen MR) is 46.6 cm³/mol.